The summed E-state index contributed by atoms with van der Waals surface area (Å²) in [5, 5.41) is 7.30. The van der Waals surface area contributed by atoms with E-state index in [9.17, 15) is 9.59 Å². The maximum absolute atomic E-state index is 12.0. The van der Waals surface area contributed by atoms with Gasteiger partial charge in [0.15, 0.2) is 0 Å². The van der Waals surface area contributed by atoms with Crippen molar-refractivity contribution >= 4 is 5.91 Å². The third kappa shape index (κ3) is 6.02. The van der Waals surface area contributed by atoms with Gasteiger partial charge in [-0.1, -0.05) is 13.3 Å². The Bertz CT molecular complexity index is 754. The summed E-state index contributed by atoms with van der Waals surface area (Å²) < 4.78 is 6.86. The van der Waals surface area contributed by atoms with E-state index in [1.165, 1.54) is 10.7 Å². The number of amides is 1. The second-order valence-electron chi connectivity index (χ2n) is 6.04. The van der Waals surface area contributed by atoms with E-state index >= 15 is 0 Å². The lowest BCUT2D eigenvalue weighted by Gasteiger charge is -2.08. The Morgan fingerprint density at radius 2 is 1.88 bits per heavy atom. The molecule has 0 spiro atoms. The predicted octanol–water partition coefficient (Wildman–Crippen LogP) is 3.01. The second-order valence-corrected chi connectivity index (χ2v) is 6.04. The maximum Gasteiger partial charge on any atom is 0.266 e. The van der Waals surface area contributed by atoms with Crippen LogP contribution in [0.5, 0.6) is 5.75 Å². The van der Waals surface area contributed by atoms with Gasteiger partial charge in [-0.05, 0) is 50.1 Å². The van der Waals surface area contributed by atoms with Crippen molar-refractivity contribution in [1.82, 2.24) is 15.1 Å². The molecule has 0 saturated carbocycles. The first-order valence-corrected chi connectivity index (χ1v) is 9.22. The summed E-state index contributed by atoms with van der Waals surface area (Å²) >= 11 is 0. The van der Waals surface area contributed by atoms with E-state index in [0.29, 0.717) is 32.5 Å². The van der Waals surface area contributed by atoms with Gasteiger partial charge in [0.2, 0.25) is 5.91 Å². The van der Waals surface area contributed by atoms with Gasteiger partial charge >= 0.3 is 0 Å². The van der Waals surface area contributed by atoms with E-state index in [0.717, 1.165) is 29.8 Å². The third-order valence-corrected chi connectivity index (χ3v) is 3.95. The first kappa shape index (κ1) is 19.7. The number of nitrogens with zero attached hydrogens (tertiary/aromatic N) is 2. The van der Waals surface area contributed by atoms with E-state index < -0.39 is 0 Å². The first-order valence-electron chi connectivity index (χ1n) is 9.22. The normalized spacial score (nSPS) is 10.5. The SMILES string of the molecule is CCCCNC(=O)CCCn1nc(-c2ccc(OCC)cc2)ccc1=O. The van der Waals surface area contributed by atoms with E-state index in [1.807, 2.05) is 31.2 Å². The molecule has 0 aliphatic carbocycles. The molecule has 0 atom stereocenters. The smallest absolute Gasteiger partial charge is 0.266 e. The lowest BCUT2D eigenvalue weighted by atomic mass is 10.1. The summed E-state index contributed by atoms with van der Waals surface area (Å²) in [7, 11) is 0. The van der Waals surface area contributed by atoms with Crippen molar-refractivity contribution in [2.45, 2.75) is 46.1 Å². The van der Waals surface area contributed by atoms with Crippen LogP contribution < -0.4 is 15.6 Å². The molecule has 1 aromatic heterocycles. The molecule has 6 heteroatoms. The van der Waals surface area contributed by atoms with E-state index in [-0.39, 0.29) is 11.5 Å². The summed E-state index contributed by atoms with van der Waals surface area (Å²) in [6.07, 6.45) is 3.01. The molecular weight excluding hydrogens is 330 g/mol. The monoisotopic (exact) mass is 357 g/mol. The Kier molecular flexibility index (Phi) is 7.86. The Morgan fingerprint density at radius 3 is 2.58 bits per heavy atom. The van der Waals surface area contributed by atoms with Crippen LogP contribution in [0.2, 0.25) is 0 Å². The fourth-order valence-electron chi connectivity index (χ4n) is 2.53. The summed E-state index contributed by atoms with van der Waals surface area (Å²) in [5.74, 6) is 0.827. The van der Waals surface area contributed by atoms with Crippen LogP contribution in [0.25, 0.3) is 11.3 Å². The molecule has 0 radical (unpaired) electrons. The zero-order chi connectivity index (χ0) is 18.8. The fourth-order valence-corrected chi connectivity index (χ4v) is 2.53. The topological polar surface area (TPSA) is 73.2 Å². The first-order chi connectivity index (χ1) is 12.6. The molecule has 1 heterocycles. The highest BCUT2D eigenvalue weighted by atomic mass is 16.5. The van der Waals surface area contributed by atoms with Crippen molar-refractivity contribution in [2.75, 3.05) is 13.2 Å². The van der Waals surface area contributed by atoms with Crippen molar-refractivity contribution in [3.63, 3.8) is 0 Å². The van der Waals surface area contributed by atoms with Crippen LogP contribution in [-0.2, 0) is 11.3 Å². The number of benzene rings is 1. The molecule has 0 aliphatic heterocycles. The highest BCUT2D eigenvalue weighted by Gasteiger charge is 2.06. The fraction of sp³-hybridized carbons (Fsp3) is 0.450. The molecular formula is C20H27N3O3. The molecule has 0 saturated heterocycles. The van der Waals surface area contributed by atoms with Crippen LogP contribution in [0.1, 0.15) is 39.5 Å². The molecule has 0 bridgehead atoms. The Hall–Kier alpha value is -2.63. The quantitative estimate of drug-likeness (QED) is 0.664. The maximum atomic E-state index is 12.0. The summed E-state index contributed by atoms with van der Waals surface area (Å²) in [4.78, 5) is 23.7. The van der Waals surface area contributed by atoms with Crippen LogP contribution in [0.3, 0.4) is 0 Å². The van der Waals surface area contributed by atoms with Crippen molar-refractivity contribution in [3.05, 3.63) is 46.8 Å². The van der Waals surface area contributed by atoms with Crippen LogP contribution in [0.15, 0.2) is 41.2 Å². The van der Waals surface area contributed by atoms with Crippen molar-refractivity contribution in [3.8, 4) is 17.0 Å². The number of unbranched alkanes of at least 4 members (excludes halogenated alkanes) is 1. The average molecular weight is 357 g/mol. The number of aryl methyl sites for hydroxylation is 1. The van der Waals surface area contributed by atoms with Gasteiger partial charge in [0.1, 0.15) is 5.75 Å². The van der Waals surface area contributed by atoms with Crippen molar-refractivity contribution in [2.24, 2.45) is 0 Å². The highest BCUT2D eigenvalue weighted by Crippen LogP contribution is 2.19. The molecule has 1 N–H and O–H groups in total. The lowest BCUT2D eigenvalue weighted by Crippen LogP contribution is -2.26. The number of hydrogen-bond acceptors (Lipinski definition) is 4. The van der Waals surface area contributed by atoms with E-state index in [2.05, 4.69) is 17.3 Å². The number of hydrogen-bond donors (Lipinski definition) is 1. The molecule has 6 nitrogen and oxygen atoms in total. The molecule has 2 rings (SSSR count). The molecule has 0 fully saturated rings. The van der Waals surface area contributed by atoms with Crippen LogP contribution in [0, 0.1) is 0 Å². The number of nitrogens with one attached hydrogen (secondary N) is 1. The minimum Gasteiger partial charge on any atom is -0.494 e. The summed E-state index contributed by atoms with van der Waals surface area (Å²) in [6, 6.07) is 10.8. The van der Waals surface area contributed by atoms with Crippen LogP contribution >= 0.6 is 0 Å². The van der Waals surface area contributed by atoms with Gasteiger partial charge in [-0.15, -0.1) is 0 Å². The number of aromatic nitrogens is 2. The molecule has 0 unspecified atom stereocenters. The summed E-state index contributed by atoms with van der Waals surface area (Å²) in [5.41, 5.74) is 1.48. The average Bonchev–Trinajstić information content (AvgIpc) is 2.64. The van der Waals surface area contributed by atoms with Gasteiger partial charge in [0, 0.05) is 31.1 Å². The van der Waals surface area contributed by atoms with E-state index in [4.69, 9.17) is 4.74 Å². The van der Waals surface area contributed by atoms with Crippen LogP contribution in [0.4, 0.5) is 0 Å². The van der Waals surface area contributed by atoms with Gasteiger partial charge < -0.3 is 10.1 Å². The predicted molar refractivity (Wildman–Crippen MR) is 102 cm³/mol. The molecule has 1 amide bonds. The highest BCUT2D eigenvalue weighted by molar-refractivity contribution is 5.75. The molecule has 2 aromatic rings. The standard InChI is InChI=1S/C20H27N3O3/c1-3-5-14-21-19(24)7-6-15-23-20(25)13-12-18(22-23)16-8-10-17(11-9-16)26-4-2/h8-13H,3-7,14-15H2,1-2H3,(H,21,24). The van der Waals surface area contributed by atoms with Gasteiger partial charge in [-0.2, -0.15) is 5.10 Å². The Morgan fingerprint density at radius 1 is 1.12 bits per heavy atom. The minimum absolute atomic E-state index is 0.0224. The van der Waals surface area contributed by atoms with Crippen molar-refractivity contribution < 1.29 is 9.53 Å². The zero-order valence-electron chi connectivity index (χ0n) is 15.5. The number of carbonyl (C=O) groups is 1. The third-order valence-electron chi connectivity index (χ3n) is 3.95. The largest absolute Gasteiger partial charge is 0.494 e. The molecule has 1 aromatic carbocycles. The van der Waals surface area contributed by atoms with Gasteiger partial charge in [-0.3, -0.25) is 9.59 Å². The minimum atomic E-state index is -0.161. The zero-order valence-corrected chi connectivity index (χ0v) is 15.5. The Balaban J connectivity index is 1.96. The number of rotatable bonds is 10. The number of ether oxygens (including phenoxy) is 1. The second kappa shape index (κ2) is 10.4. The van der Waals surface area contributed by atoms with Gasteiger partial charge in [0.25, 0.3) is 5.56 Å². The van der Waals surface area contributed by atoms with E-state index in [1.54, 1.807) is 6.07 Å². The molecule has 0 aliphatic rings. The molecule has 26 heavy (non-hydrogen) atoms. The number of carbonyl (C=O) groups excluding carboxylic acids is 1. The molecule has 140 valence electrons. The summed E-state index contributed by atoms with van der Waals surface area (Å²) in [6.45, 7) is 5.77. The Labute approximate surface area is 154 Å². The lowest BCUT2D eigenvalue weighted by molar-refractivity contribution is -0.121. The van der Waals surface area contributed by atoms with Crippen LogP contribution in [-0.4, -0.2) is 28.8 Å². The van der Waals surface area contributed by atoms with Gasteiger partial charge in [0.05, 0.1) is 12.3 Å². The van der Waals surface area contributed by atoms with Crippen molar-refractivity contribution in [1.29, 1.82) is 0 Å². The van der Waals surface area contributed by atoms with Gasteiger partial charge in [-0.25, -0.2) is 4.68 Å².